The topological polar surface area (TPSA) is 67.4 Å². The molecular formula is C16H23ClN2O3. The van der Waals surface area contributed by atoms with Crippen LogP contribution >= 0.6 is 11.6 Å². The van der Waals surface area contributed by atoms with Gasteiger partial charge in [0.25, 0.3) is 0 Å². The minimum absolute atomic E-state index is 0.0542. The lowest BCUT2D eigenvalue weighted by molar-refractivity contribution is -0.136. The molecule has 5 nitrogen and oxygen atoms in total. The number of benzene rings is 1. The fourth-order valence-electron chi connectivity index (χ4n) is 1.85. The molecule has 2 N–H and O–H groups in total. The van der Waals surface area contributed by atoms with Crippen molar-refractivity contribution < 1.29 is 14.3 Å². The maximum absolute atomic E-state index is 11.9. The highest BCUT2D eigenvalue weighted by Gasteiger charge is 2.17. The summed E-state index contributed by atoms with van der Waals surface area (Å²) in [5.41, 5.74) is 0.344. The van der Waals surface area contributed by atoms with Crippen molar-refractivity contribution >= 4 is 29.1 Å². The van der Waals surface area contributed by atoms with E-state index < -0.39 is 11.8 Å². The minimum atomic E-state index is -0.744. The molecule has 1 rings (SSSR count). The Morgan fingerprint density at radius 3 is 2.45 bits per heavy atom. The molecule has 0 aromatic heterocycles. The quantitative estimate of drug-likeness (QED) is 0.789. The Morgan fingerprint density at radius 2 is 1.86 bits per heavy atom. The zero-order valence-corrected chi connectivity index (χ0v) is 14.2. The summed E-state index contributed by atoms with van der Waals surface area (Å²) in [4.78, 5) is 23.8. The molecule has 0 fully saturated rings. The molecule has 2 amide bonds. The Morgan fingerprint density at radius 1 is 1.18 bits per heavy atom. The number of ether oxygens (including phenoxy) is 1. The van der Waals surface area contributed by atoms with Gasteiger partial charge >= 0.3 is 11.8 Å². The van der Waals surface area contributed by atoms with Crippen LogP contribution in [0.1, 0.15) is 33.6 Å². The molecule has 0 aliphatic heterocycles. The molecule has 1 aromatic carbocycles. The normalized spacial score (nSPS) is 11.9. The predicted octanol–water partition coefficient (Wildman–Crippen LogP) is 3.23. The van der Waals surface area contributed by atoms with Gasteiger partial charge in [-0.3, -0.25) is 9.59 Å². The molecule has 1 unspecified atom stereocenters. The Balaban J connectivity index is 2.59. The van der Waals surface area contributed by atoms with Crippen LogP contribution in [0, 0.1) is 5.92 Å². The van der Waals surface area contributed by atoms with E-state index in [-0.39, 0.29) is 6.04 Å². The Hall–Kier alpha value is -1.75. The van der Waals surface area contributed by atoms with Crippen LogP contribution in [0.25, 0.3) is 0 Å². The molecule has 1 atom stereocenters. The van der Waals surface area contributed by atoms with E-state index in [0.29, 0.717) is 22.4 Å². The second-order valence-electron chi connectivity index (χ2n) is 5.65. The van der Waals surface area contributed by atoms with Gasteiger partial charge in [-0.2, -0.15) is 0 Å². The first-order chi connectivity index (χ1) is 10.3. The number of halogens is 1. The van der Waals surface area contributed by atoms with Gasteiger partial charge in [-0.1, -0.05) is 25.4 Å². The van der Waals surface area contributed by atoms with Gasteiger partial charge in [0.15, 0.2) is 0 Å². The van der Waals surface area contributed by atoms with Crippen molar-refractivity contribution in [2.24, 2.45) is 5.92 Å². The summed E-state index contributed by atoms with van der Waals surface area (Å²) in [5.74, 6) is -0.309. The van der Waals surface area contributed by atoms with Crippen molar-refractivity contribution in [1.82, 2.24) is 5.32 Å². The number of methoxy groups -OCH3 is 1. The minimum Gasteiger partial charge on any atom is -0.497 e. The molecule has 0 heterocycles. The van der Waals surface area contributed by atoms with Crippen molar-refractivity contribution in [2.45, 2.75) is 39.7 Å². The first kappa shape index (κ1) is 18.3. The van der Waals surface area contributed by atoms with Crippen LogP contribution < -0.4 is 15.4 Å². The zero-order valence-electron chi connectivity index (χ0n) is 13.4. The Bertz CT molecular complexity index is 532. The van der Waals surface area contributed by atoms with Gasteiger partial charge in [-0.15, -0.1) is 0 Å². The van der Waals surface area contributed by atoms with Crippen LogP contribution in [-0.4, -0.2) is 25.0 Å². The number of carbonyl (C=O) groups excluding carboxylic acids is 2. The van der Waals surface area contributed by atoms with E-state index in [1.807, 2.05) is 6.92 Å². The summed E-state index contributed by atoms with van der Waals surface area (Å²) in [6.07, 6.45) is 1.82. The fraction of sp³-hybridized carbons (Fsp3) is 0.500. The van der Waals surface area contributed by atoms with Gasteiger partial charge in [0, 0.05) is 12.1 Å². The molecule has 0 bridgehead atoms. The van der Waals surface area contributed by atoms with Gasteiger partial charge in [0.05, 0.1) is 17.8 Å². The van der Waals surface area contributed by atoms with Crippen molar-refractivity contribution in [2.75, 3.05) is 12.4 Å². The van der Waals surface area contributed by atoms with E-state index in [9.17, 15) is 9.59 Å². The van der Waals surface area contributed by atoms with Gasteiger partial charge in [0.2, 0.25) is 0 Å². The molecular weight excluding hydrogens is 304 g/mol. The molecule has 122 valence electrons. The van der Waals surface area contributed by atoms with Gasteiger partial charge < -0.3 is 15.4 Å². The van der Waals surface area contributed by atoms with E-state index in [1.165, 1.54) is 7.11 Å². The molecule has 0 spiro atoms. The van der Waals surface area contributed by atoms with Crippen LogP contribution in [0.3, 0.4) is 0 Å². The third-order valence-electron chi connectivity index (χ3n) is 3.18. The average Bonchev–Trinajstić information content (AvgIpc) is 2.47. The largest absolute Gasteiger partial charge is 0.497 e. The molecule has 0 aliphatic carbocycles. The maximum Gasteiger partial charge on any atom is 0.313 e. The monoisotopic (exact) mass is 326 g/mol. The van der Waals surface area contributed by atoms with E-state index in [4.69, 9.17) is 16.3 Å². The zero-order chi connectivity index (χ0) is 16.7. The van der Waals surface area contributed by atoms with Crippen LogP contribution in [0.5, 0.6) is 5.75 Å². The number of nitrogens with one attached hydrogen (secondary N) is 2. The number of carbonyl (C=O) groups is 2. The SMILES string of the molecule is COc1ccc(Cl)c(NC(=O)C(=O)NC(C)CCC(C)C)c1. The van der Waals surface area contributed by atoms with E-state index in [0.717, 1.165) is 12.8 Å². The number of hydrogen-bond acceptors (Lipinski definition) is 3. The van der Waals surface area contributed by atoms with Crippen LogP contribution in [-0.2, 0) is 9.59 Å². The van der Waals surface area contributed by atoms with Gasteiger partial charge in [0.1, 0.15) is 5.75 Å². The lowest BCUT2D eigenvalue weighted by atomic mass is 10.0. The molecule has 1 aromatic rings. The maximum atomic E-state index is 11.9. The molecule has 0 aliphatic rings. The second-order valence-corrected chi connectivity index (χ2v) is 6.05. The standard InChI is InChI=1S/C16H23ClN2O3/c1-10(2)5-6-11(3)18-15(20)16(21)19-14-9-12(22-4)7-8-13(14)17/h7-11H,5-6H2,1-4H3,(H,18,20)(H,19,21). The van der Waals surface area contributed by atoms with Crippen molar-refractivity contribution in [1.29, 1.82) is 0 Å². The lowest BCUT2D eigenvalue weighted by Gasteiger charge is -2.15. The van der Waals surface area contributed by atoms with Crippen molar-refractivity contribution in [3.05, 3.63) is 23.2 Å². The Labute approximate surface area is 136 Å². The summed E-state index contributed by atoms with van der Waals surface area (Å²) in [6, 6.07) is 4.78. The molecule has 0 saturated carbocycles. The number of rotatable bonds is 6. The summed E-state index contributed by atoms with van der Waals surface area (Å²) in [7, 11) is 1.51. The van der Waals surface area contributed by atoms with Crippen molar-refractivity contribution in [3.8, 4) is 5.75 Å². The van der Waals surface area contributed by atoms with E-state index in [2.05, 4.69) is 24.5 Å². The highest BCUT2D eigenvalue weighted by atomic mass is 35.5. The van der Waals surface area contributed by atoms with Crippen molar-refractivity contribution in [3.63, 3.8) is 0 Å². The number of amides is 2. The summed E-state index contributed by atoms with van der Waals surface area (Å²) >= 11 is 5.99. The summed E-state index contributed by atoms with van der Waals surface area (Å²) in [6.45, 7) is 6.12. The predicted molar refractivity (Wildman–Crippen MR) is 88.3 cm³/mol. The second kappa shape index (κ2) is 8.63. The number of hydrogen-bond donors (Lipinski definition) is 2. The Kier molecular flexibility index (Phi) is 7.18. The first-order valence-corrected chi connectivity index (χ1v) is 7.66. The average molecular weight is 327 g/mol. The molecule has 6 heteroatoms. The number of anilines is 1. The van der Waals surface area contributed by atoms with Crippen LogP contribution in [0.2, 0.25) is 5.02 Å². The van der Waals surface area contributed by atoms with E-state index in [1.54, 1.807) is 18.2 Å². The summed E-state index contributed by atoms with van der Waals surface area (Å²) in [5, 5.41) is 5.51. The smallest absolute Gasteiger partial charge is 0.313 e. The highest BCUT2D eigenvalue weighted by Crippen LogP contribution is 2.26. The third-order valence-corrected chi connectivity index (χ3v) is 3.51. The first-order valence-electron chi connectivity index (χ1n) is 7.28. The highest BCUT2D eigenvalue weighted by molar-refractivity contribution is 6.41. The third kappa shape index (κ3) is 5.93. The van der Waals surface area contributed by atoms with Gasteiger partial charge in [-0.25, -0.2) is 0 Å². The van der Waals surface area contributed by atoms with Gasteiger partial charge in [-0.05, 0) is 37.8 Å². The van der Waals surface area contributed by atoms with Crippen LogP contribution in [0.15, 0.2) is 18.2 Å². The fourth-order valence-corrected chi connectivity index (χ4v) is 2.02. The van der Waals surface area contributed by atoms with E-state index >= 15 is 0 Å². The molecule has 22 heavy (non-hydrogen) atoms. The molecule has 0 radical (unpaired) electrons. The van der Waals surface area contributed by atoms with Crippen LogP contribution in [0.4, 0.5) is 5.69 Å². The summed E-state index contributed by atoms with van der Waals surface area (Å²) < 4.78 is 5.06. The lowest BCUT2D eigenvalue weighted by Crippen LogP contribution is -2.40. The molecule has 0 saturated heterocycles.